The Morgan fingerprint density at radius 3 is 2.57 bits per heavy atom. The molecule has 35 heavy (non-hydrogen) atoms. The first-order valence-electron chi connectivity index (χ1n) is 11.4. The molecule has 3 aromatic carbocycles. The monoisotopic (exact) mass is 480 g/mol. The van der Waals surface area contributed by atoms with Crippen LogP contribution in [-0.2, 0) is 21.4 Å². The largest absolute Gasteiger partial charge is 0.481 e. The summed E-state index contributed by atoms with van der Waals surface area (Å²) in [7, 11) is 0. The van der Waals surface area contributed by atoms with Gasteiger partial charge in [-0.05, 0) is 58.0 Å². The lowest BCUT2D eigenvalue weighted by Crippen LogP contribution is -2.21. The fourth-order valence-electron chi connectivity index (χ4n) is 5.31. The lowest BCUT2D eigenvalue weighted by atomic mass is 9.89. The van der Waals surface area contributed by atoms with Gasteiger partial charge in [-0.3, -0.25) is 14.6 Å². The number of carboxylic acid groups (broad SMARTS) is 1. The number of halogens is 1. The number of hydrogen-bond acceptors (Lipinski definition) is 3. The van der Waals surface area contributed by atoms with Crippen molar-refractivity contribution in [2.75, 3.05) is 5.32 Å². The molecule has 1 aliphatic carbocycles. The fourth-order valence-corrected chi connectivity index (χ4v) is 5.58. The fraction of sp³-hybridized carbons (Fsp3) is 0.138. The van der Waals surface area contributed by atoms with Crippen LogP contribution in [0.1, 0.15) is 29.0 Å². The van der Waals surface area contributed by atoms with Crippen molar-refractivity contribution >= 4 is 29.2 Å². The molecule has 1 saturated carbocycles. The zero-order valence-electron chi connectivity index (χ0n) is 18.7. The number of nitrogens with one attached hydrogen (secondary N) is 1. The van der Waals surface area contributed by atoms with Gasteiger partial charge in [-0.15, -0.1) is 0 Å². The molecule has 1 amide bonds. The number of anilines is 1. The Bertz CT molecular complexity index is 1480. The van der Waals surface area contributed by atoms with Crippen LogP contribution in [0.25, 0.3) is 22.3 Å². The highest BCUT2D eigenvalue weighted by Gasteiger charge is 2.65. The minimum absolute atomic E-state index is 0.000484. The molecule has 2 aliphatic rings. The molecule has 4 aromatic rings. The van der Waals surface area contributed by atoms with Crippen LogP contribution < -0.4 is 5.32 Å². The molecule has 1 spiro atoms. The number of fused-ring (bicyclic) bond motifs is 2. The smallest absolute Gasteiger partial charge is 0.307 e. The van der Waals surface area contributed by atoms with E-state index in [-0.39, 0.29) is 18.2 Å². The summed E-state index contributed by atoms with van der Waals surface area (Å²) >= 11 is 6.67. The summed E-state index contributed by atoms with van der Waals surface area (Å²) in [5.74, 6) is -0.897. The molecule has 5 nitrogen and oxygen atoms in total. The van der Waals surface area contributed by atoms with Crippen LogP contribution >= 0.6 is 11.6 Å². The van der Waals surface area contributed by atoms with Crippen molar-refractivity contribution in [2.45, 2.75) is 24.2 Å². The molecule has 172 valence electrons. The lowest BCUT2D eigenvalue weighted by molar-refractivity contribution is -0.136. The van der Waals surface area contributed by atoms with Crippen LogP contribution in [0.4, 0.5) is 5.69 Å². The number of amides is 1. The molecule has 2 atom stereocenters. The van der Waals surface area contributed by atoms with Crippen molar-refractivity contribution in [3.05, 3.63) is 107 Å². The van der Waals surface area contributed by atoms with Gasteiger partial charge in [0.05, 0.1) is 16.9 Å². The van der Waals surface area contributed by atoms with Crippen LogP contribution in [0, 0.1) is 0 Å². The molecular weight excluding hydrogens is 460 g/mol. The first-order valence-corrected chi connectivity index (χ1v) is 11.8. The number of hydrogen-bond donors (Lipinski definition) is 2. The number of pyridine rings is 1. The number of aliphatic carboxylic acids is 1. The van der Waals surface area contributed by atoms with E-state index in [1.54, 1.807) is 6.20 Å². The summed E-state index contributed by atoms with van der Waals surface area (Å²) in [6, 6.07) is 23.5. The molecular formula is C29H21ClN2O3. The molecule has 1 fully saturated rings. The number of carbonyl (C=O) groups excluding carboxylic acids is 1. The van der Waals surface area contributed by atoms with Gasteiger partial charge in [-0.2, -0.15) is 0 Å². The minimum Gasteiger partial charge on any atom is -0.481 e. The van der Waals surface area contributed by atoms with Crippen molar-refractivity contribution in [1.29, 1.82) is 0 Å². The number of aromatic nitrogens is 1. The van der Waals surface area contributed by atoms with E-state index in [4.69, 9.17) is 16.7 Å². The van der Waals surface area contributed by atoms with Gasteiger partial charge >= 0.3 is 5.97 Å². The number of carboxylic acids is 1. The SMILES string of the molecule is O=C(O)Cc1cccc(C2CC23C(=O)Nc2cc(Cl)c(-c4ccc(-c5cccnc5)cc4)cc23)c1. The highest BCUT2D eigenvalue weighted by atomic mass is 35.5. The van der Waals surface area contributed by atoms with Gasteiger partial charge in [0.2, 0.25) is 5.91 Å². The Kier molecular flexibility index (Phi) is 4.97. The summed E-state index contributed by atoms with van der Waals surface area (Å²) in [5.41, 5.74) is 6.74. The summed E-state index contributed by atoms with van der Waals surface area (Å²) in [5, 5.41) is 12.8. The van der Waals surface area contributed by atoms with Gasteiger partial charge in [0.1, 0.15) is 0 Å². The van der Waals surface area contributed by atoms with Crippen LogP contribution in [0.2, 0.25) is 5.02 Å². The first-order chi connectivity index (χ1) is 17.0. The number of carbonyl (C=O) groups is 2. The van der Waals surface area contributed by atoms with Crippen molar-refractivity contribution in [2.24, 2.45) is 0 Å². The topological polar surface area (TPSA) is 79.3 Å². The molecule has 1 aliphatic heterocycles. The zero-order valence-corrected chi connectivity index (χ0v) is 19.4. The van der Waals surface area contributed by atoms with E-state index in [9.17, 15) is 9.59 Å². The quantitative estimate of drug-likeness (QED) is 0.363. The van der Waals surface area contributed by atoms with Crippen LogP contribution in [0.15, 0.2) is 85.2 Å². The molecule has 2 heterocycles. The lowest BCUT2D eigenvalue weighted by Gasteiger charge is -2.13. The summed E-state index contributed by atoms with van der Waals surface area (Å²) in [4.78, 5) is 28.5. The Balaban J connectivity index is 1.36. The van der Waals surface area contributed by atoms with Crippen LogP contribution in [-0.4, -0.2) is 22.0 Å². The van der Waals surface area contributed by atoms with Crippen molar-refractivity contribution < 1.29 is 14.7 Å². The van der Waals surface area contributed by atoms with Crippen LogP contribution in [0.5, 0.6) is 0 Å². The van der Waals surface area contributed by atoms with Gasteiger partial charge in [-0.1, -0.05) is 66.2 Å². The third kappa shape index (κ3) is 3.60. The van der Waals surface area contributed by atoms with Crippen molar-refractivity contribution in [1.82, 2.24) is 4.98 Å². The first kappa shape index (κ1) is 21.6. The van der Waals surface area contributed by atoms with E-state index >= 15 is 0 Å². The molecule has 0 radical (unpaired) electrons. The van der Waals surface area contributed by atoms with Crippen molar-refractivity contribution in [3.63, 3.8) is 0 Å². The van der Waals surface area contributed by atoms with Crippen molar-refractivity contribution in [3.8, 4) is 22.3 Å². The highest BCUT2D eigenvalue weighted by molar-refractivity contribution is 6.34. The standard InChI is InChI=1S/C29H21ClN2O3/c30-25-14-26-23(13-22(25)19-8-6-18(7-9-19)21-5-2-10-31-16-21)29(28(35)32-26)15-24(29)20-4-1-3-17(11-20)12-27(33)34/h1-11,13-14,16,24H,12,15H2,(H,32,35)(H,33,34). The molecule has 6 heteroatoms. The van der Waals surface area contributed by atoms with E-state index < -0.39 is 11.4 Å². The summed E-state index contributed by atoms with van der Waals surface area (Å²) in [6.45, 7) is 0. The Morgan fingerprint density at radius 2 is 1.83 bits per heavy atom. The van der Waals surface area contributed by atoms with E-state index in [1.165, 1.54) is 0 Å². The Morgan fingerprint density at radius 1 is 1.03 bits per heavy atom. The Hall–Kier alpha value is -3.96. The van der Waals surface area contributed by atoms with Crippen LogP contribution in [0.3, 0.4) is 0 Å². The van der Waals surface area contributed by atoms with Gasteiger partial charge in [-0.25, -0.2) is 0 Å². The molecule has 2 N–H and O–H groups in total. The molecule has 0 saturated heterocycles. The summed E-state index contributed by atoms with van der Waals surface area (Å²) in [6.07, 6.45) is 4.23. The third-order valence-corrected chi connectivity index (χ3v) is 7.41. The second-order valence-corrected chi connectivity index (χ2v) is 9.60. The molecule has 0 bridgehead atoms. The van der Waals surface area contributed by atoms with E-state index in [0.29, 0.717) is 11.4 Å². The molecule has 6 rings (SSSR count). The average molecular weight is 481 g/mol. The predicted molar refractivity (Wildman–Crippen MR) is 136 cm³/mol. The number of rotatable bonds is 5. The average Bonchev–Trinajstić information content (AvgIpc) is 3.55. The number of benzene rings is 3. The summed E-state index contributed by atoms with van der Waals surface area (Å²) < 4.78 is 0. The third-order valence-electron chi connectivity index (χ3n) is 7.10. The van der Waals surface area contributed by atoms with E-state index in [1.807, 2.05) is 79.0 Å². The predicted octanol–water partition coefficient (Wildman–Crippen LogP) is 6.07. The normalized spacial score (nSPS) is 19.9. The van der Waals surface area contributed by atoms with Gasteiger partial charge in [0, 0.05) is 29.6 Å². The second-order valence-electron chi connectivity index (χ2n) is 9.19. The van der Waals surface area contributed by atoms with E-state index in [2.05, 4.69) is 10.3 Å². The maximum atomic E-state index is 13.2. The maximum absolute atomic E-state index is 13.2. The minimum atomic E-state index is -0.870. The van der Waals surface area contributed by atoms with E-state index in [0.717, 1.165) is 44.6 Å². The highest BCUT2D eigenvalue weighted by Crippen LogP contribution is 2.65. The molecule has 1 aromatic heterocycles. The van der Waals surface area contributed by atoms with Gasteiger partial charge in [0.15, 0.2) is 0 Å². The Labute approximate surface area is 207 Å². The number of nitrogens with zero attached hydrogens (tertiary/aromatic N) is 1. The van der Waals surface area contributed by atoms with Gasteiger partial charge in [0.25, 0.3) is 0 Å². The zero-order chi connectivity index (χ0) is 24.2. The second kappa shape index (κ2) is 8.07. The van der Waals surface area contributed by atoms with Gasteiger partial charge < -0.3 is 10.4 Å². The molecule has 2 unspecified atom stereocenters. The maximum Gasteiger partial charge on any atom is 0.307 e.